The monoisotopic (exact) mass is 144 g/mol. The average Bonchev–Trinajstić information content (AvgIpc) is 1.79. The van der Waals surface area contributed by atoms with Crippen LogP contribution in [0.3, 0.4) is 0 Å². The van der Waals surface area contributed by atoms with Gasteiger partial charge in [0.1, 0.15) is 0 Å². The van der Waals surface area contributed by atoms with Crippen molar-refractivity contribution in [3.05, 3.63) is 22.8 Å². The number of hydrogen-bond acceptors (Lipinski definition) is 1. The van der Waals surface area contributed by atoms with Crippen molar-refractivity contribution in [2.75, 3.05) is 0 Å². The lowest BCUT2D eigenvalue weighted by Gasteiger charge is -1.89. The van der Waals surface area contributed by atoms with Crippen molar-refractivity contribution in [2.45, 2.75) is 13.8 Å². The molecule has 1 aliphatic heterocycles. The maximum absolute atomic E-state index is 10.8. The first-order valence-corrected chi connectivity index (χ1v) is 4.52. The molecule has 0 saturated carbocycles. The van der Waals surface area contributed by atoms with Crippen LogP contribution in [0, 0.1) is 0 Å². The van der Waals surface area contributed by atoms with Gasteiger partial charge in [-0.05, 0) is 25.0 Å². The Balaban J connectivity index is 3.11. The molecule has 0 amide bonds. The summed E-state index contributed by atoms with van der Waals surface area (Å²) < 4.78 is 10.8. The van der Waals surface area contributed by atoms with E-state index in [2.05, 4.69) is 0 Å². The zero-order valence-electron chi connectivity index (χ0n) is 5.46. The van der Waals surface area contributed by atoms with E-state index in [-0.39, 0.29) is 0 Å². The van der Waals surface area contributed by atoms with Crippen molar-refractivity contribution in [3.8, 4) is 0 Å². The van der Waals surface area contributed by atoms with E-state index in [1.54, 1.807) is 0 Å². The van der Waals surface area contributed by atoms with Crippen molar-refractivity contribution in [1.29, 1.82) is 0 Å². The smallest absolute Gasteiger partial charge is 0.245 e. The molecule has 0 fully saturated rings. The molecular formula is C6H9O2P. The Morgan fingerprint density at radius 1 is 1.33 bits per heavy atom. The molecule has 0 aromatic carbocycles. The van der Waals surface area contributed by atoms with Gasteiger partial charge in [0.25, 0.3) is 0 Å². The second-order valence-electron chi connectivity index (χ2n) is 2.30. The summed E-state index contributed by atoms with van der Waals surface area (Å²) in [5, 5.41) is 0. The molecule has 0 saturated heterocycles. The Kier molecular flexibility index (Phi) is 1.38. The van der Waals surface area contributed by atoms with E-state index in [4.69, 9.17) is 4.89 Å². The standard InChI is InChI=1S/C6H9O2P/c1-5-3-9(7,8)4-6(5)2/h3-4H,1-2H3,(H,7,8). The third kappa shape index (κ3) is 1.32. The maximum Gasteiger partial charge on any atom is 0.245 e. The van der Waals surface area contributed by atoms with Crippen LogP contribution in [0.25, 0.3) is 0 Å². The topological polar surface area (TPSA) is 37.3 Å². The summed E-state index contributed by atoms with van der Waals surface area (Å²) >= 11 is 0. The first kappa shape index (κ1) is 6.79. The van der Waals surface area contributed by atoms with Gasteiger partial charge in [0, 0.05) is 11.6 Å². The van der Waals surface area contributed by atoms with Gasteiger partial charge in [-0.25, -0.2) is 0 Å². The van der Waals surface area contributed by atoms with Crippen molar-refractivity contribution in [2.24, 2.45) is 0 Å². The van der Waals surface area contributed by atoms with E-state index in [9.17, 15) is 4.57 Å². The molecule has 0 radical (unpaired) electrons. The van der Waals surface area contributed by atoms with Gasteiger partial charge in [0.05, 0.1) is 0 Å². The van der Waals surface area contributed by atoms with Crippen LogP contribution in [0.5, 0.6) is 0 Å². The molecular weight excluding hydrogens is 135 g/mol. The first-order valence-electron chi connectivity index (χ1n) is 2.73. The van der Waals surface area contributed by atoms with E-state index in [1.165, 1.54) is 11.6 Å². The van der Waals surface area contributed by atoms with E-state index < -0.39 is 7.37 Å². The highest BCUT2D eigenvalue weighted by atomic mass is 31.2. The first-order chi connectivity index (χ1) is 4.01. The van der Waals surface area contributed by atoms with Crippen LogP contribution < -0.4 is 0 Å². The van der Waals surface area contributed by atoms with E-state index >= 15 is 0 Å². The summed E-state index contributed by atoms with van der Waals surface area (Å²) in [5.74, 6) is 2.84. The molecule has 9 heavy (non-hydrogen) atoms. The average molecular weight is 144 g/mol. The second-order valence-corrected chi connectivity index (χ2v) is 4.16. The number of hydrogen-bond donors (Lipinski definition) is 1. The highest BCUT2D eigenvalue weighted by Crippen LogP contribution is 2.51. The third-order valence-electron chi connectivity index (χ3n) is 1.38. The van der Waals surface area contributed by atoms with Crippen LogP contribution in [-0.4, -0.2) is 4.89 Å². The summed E-state index contributed by atoms with van der Waals surface area (Å²) in [4.78, 5) is 8.94. The zero-order valence-corrected chi connectivity index (χ0v) is 6.35. The molecule has 1 N–H and O–H groups in total. The number of rotatable bonds is 0. The minimum atomic E-state index is -2.98. The van der Waals surface area contributed by atoms with Gasteiger partial charge >= 0.3 is 0 Å². The Labute approximate surface area is 54.3 Å². The Hall–Kier alpha value is -0.330. The van der Waals surface area contributed by atoms with Gasteiger partial charge in [-0.3, -0.25) is 4.57 Å². The van der Waals surface area contributed by atoms with Crippen molar-refractivity contribution < 1.29 is 9.46 Å². The fraction of sp³-hybridized carbons (Fsp3) is 0.333. The molecule has 0 atom stereocenters. The van der Waals surface area contributed by atoms with Crippen LogP contribution in [0.2, 0.25) is 0 Å². The SMILES string of the molecule is CC1=CP(=O)(O)C=C1C. The minimum Gasteiger partial charge on any atom is -0.339 e. The van der Waals surface area contributed by atoms with Crippen LogP contribution in [0.4, 0.5) is 0 Å². The van der Waals surface area contributed by atoms with Crippen molar-refractivity contribution >= 4 is 7.37 Å². The molecule has 0 aliphatic carbocycles. The lowest BCUT2D eigenvalue weighted by atomic mass is 10.2. The summed E-state index contributed by atoms with van der Waals surface area (Å²) in [5.41, 5.74) is 1.83. The van der Waals surface area contributed by atoms with Crippen LogP contribution in [-0.2, 0) is 4.57 Å². The normalized spacial score (nSPS) is 23.4. The largest absolute Gasteiger partial charge is 0.339 e. The summed E-state index contributed by atoms with van der Waals surface area (Å²) in [6.45, 7) is 3.67. The van der Waals surface area contributed by atoms with E-state index in [0.29, 0.717) is 0 Å². The Morgan fingerprint density at radius 3 is 1.78 bits per heavy atom. The molecule has 0 bridgehead atoms. The number of allylic oxidation sites excluding steroid dienone is 2. The minimum absolute atomic E-state index is 0.917. The lowest BCUT2D eigenvalue weighted by Crippen LogP contribution is -1.67. The molecule has 0 spiro atoms. The molecule has 0 aromatic rings. The second kappa shape index (κ2) is 1.83. The zero-order chi connectivity index (χ0) is 7.07. The summed E-state index contributed by atoms with van der Waals surface area (Å²) in [6, 6.07) is 0. The van der Waals surface area contributed by atoms with Crippen molar-refractivity contribution in [3.63, 3.8) is 0 Å². The van der Waals surface area contributed by atoms with Crippen LogP contribution in [0.15, 0.2) is 22.8 Å². The molecule has 0 aromatic heterocycles. The van der Waals surface area contributed by atoms with Crippen LogP contribution in [0.1, 0.15) is 13.8 Å². The molecule has 3 heteroatoms. The van der Waals surface area contributed by atoms with E-state index in [0.717, 1.165) is 11.1 Å². The van der Waals surface area contributed by atoms with Gasteiger partial charge in [-0.1, -0.05) is 0 Å². The molecule has 1 aliphatic rings. The quantitative estimate of drug-likeness (QED) is 0.528. The fourth-order valence-electron chi connectivity index (χ4n) is 0.796. The van der Waals surface area contributed by atoms with Gasteiger partial charge in [0.15, 0.2) is 0 Å². The highest BCUT2D eigenvalue weighted by molar-refractivity contribution is 7.64. The molecule has 2 nitrogen and oxygen atoms in total. The molecule has 1 heterocycles. The Bertz CT molecular complexity index is 215. The maximum atomic E-state index is 10.8. The van der Waals surface area contributed by atoms with Gasteiger partial charge in [0.2, 0.25) is 7.37 Å². The summed E-state index contributed by atoms with van der Waals surface area (Å²) in [6.07, 6.45) is 0. The highest BCUT2D eigenvalue weighted by Gasteiger charge is 2.18. The van der Waals surface area contributed by atoms with Gasteiger partial charge in [-0.15, -0.1) is 0 Å². The summed E-state index contributed by atoms with van der Waals surface area (Å²) in [7, 11) is -2.98. The fourth-order valence-corrected chi connectivity index (χ4v) is 2.39. The third-order valence-corrected chi connectivity index (χ3v) is 2.89. The predicted molar refractivity (Wildman–Crippen MR) is 37.3 cm³/mol. The molecule has 1 rings (SSSR count). The molecule has 50 valence electrons. The molecule has 0 unspecified atom stereocenters. The predicted octanol–water partition coefficient (Wildman–Crippen LogP) is 2.08. The van der Waals surface area contributed by atoms with Gasteiger partial charge < -0.3 is 4.89 Å². The lowest BCUT2D eigenvalue weighted by molar-refractivity contribution is 0.499. The van der Waals surface area contributed by atoms with E-state index in [1.807, 2.05) is 13.8 Å². The van der Waals surface area contributed by atoms with Gasteiger partial charge in [-0.2, -0.15) is 0 Å². The van der Waals surface area contributed by atoms with Crippen LogP contribution >= 0.6 is 7.37 Å². The van der Waals surface area contributed by atoms with Crippen molar-refractivity contribution in [1.82, 2.24) is 0 Å². The Morgan fingerprint density at radius 2 is 1.67 bits per heavy atom.